The van der Waals surface area contributed by atoms with E-state index < -0.39 is 0 Å². The fraction of sp³-hybridized carbons (Fsp3) is 0.375. The van der Waals surface area contributed by atoms with Gasteiger partial charge in [0.05, 0.1) is 6.20 Å². The number of halogens is 1. The molecule has 0 spiro atoms. The van der Waals surface area contributed by atoms with Crippen molar-refractivity contribution in [1.82, 2.24) is 15.3 Å². The minimum absolute atomic E-state index is 0.619. The smallest absolute Gasteiger partial charge is 0.219 e. The predicted octanol–water partition coefficient (Wildman–Crippen LogP) is 4.09. The van der Waals surface area contributed by atoms with Gasteiger partial charge in [0.1, 0.15) is 5.75 Å². The topological polar surface area (TPSA) is 47.0 Å². The number of aryl methyl sites for hydroxylation is 1. The van der Waals surface area contributed by atoms with Gasteiger partial charge in [-0.25, -0.2) is 4.98 Å². The third kappa shape index (κ3) is 5.10. The predicted molar refractivity (Wildman–Crippen MR) is 87.6 cm³/mol. The van der Waals surface area contributed by atoms with Crippen molar-refractivity contribution in [2.45, 2.75) is 33.2 Å². The molecule has 0 aliphatic rings. The lowest BCUT2D eigenvalue weighted by Gasteiger charge is -2.10. The first-order valence-electron chi connectivity index (χ1n) is 7.20. The summed E-state index contributed by atoms with van der Waals surface area (Å²) in [5.74, 6) is 1.30. The molecule has 2 rings (SSSR count). The van der Waals surface area contributed by atoms with Gasteiger partial charge >= 0.3 is 0 Å². The normalized spacial score (nSPS) is 10.6. The highest BCUT2D eigenvalue weighted by Crippen LogP contribution is 2.23. The highest BCUT2D eigenvalue weighted by molar-refractivity contribution is 9.10. The lowest BCUT2D eigenvalue weighted by Crippen LogP contribution is -2.12. The van der Waals surface area contributed by atoms with E-state index in [0.29, 0.717) is 11.6 Å². The van der Waals surface area contributed by atoms with Crippen LogP contribution in [0.25, 0.3) is 0 Å². The molecule has 0 aromatic carbocycles. The first-order valence-corrected chi connectivity index (χ1v) is 7.99. The summed E-state index contributed by atoms with van der Waals surface area (Å²) in [4.78, 5) is 8.66. The molecule has 0 radical (unpaired) electrons. The second-order valence-corrected chi connectivity index (χ2v) is 5.69. The van der Waals surface area contributed by atoms with Crippen molar-refractivity contribution in [1.29, 1.82) is 0 Å². The van der Waals surface area contributed by atoms with Crippen LogP contribution in [0.4, 0.5) is 0 Å². The van der Waals surface area contributed by atoms with Crippen LogP contribution in [0.5, 0.6) is 11.6 Å². The summed E-state index contributed by atoms with van der Waals surface area (Å²) in [6, 6.07) is 5.99. The SMILES string of the molecule is CCCc1cc(CNCC)cc(Oc2cncc(Br)c2)n1. The summed E-state index contributed by atoms with van der Waals surface area (Å²) >= 11 is 3.39. The number of pyridine rings is 2. The van der Waals surface area contributed by atoms with Gasteiger partial charge in [0.2, 0.25) is 5.88 Å². The number of ether oxygens (including phenoxy) is 1. The highest BCUT2D eigenvalue weighted by Gasteiger charge is 2.05. The van der Waals surface area contributed by atoms with Crippen LogP contribution < -0.4 is 10.1 Å². The lowest BCUT2D eigenvalue weighted by atomic mass is 10.1. The van der Waals surface area contributed by atoms with Crippen molar-refractivity contribution >= 4 is 15.9 Å². The first kappa shape index (κ1) is 15.9. The Balaban J connectivity index is 2.22. The lowest BCUT2D eigenvalue weighted by molar-refractivity contribution is 0.456. The second kappa shape index (κ2) is 8.10. The fourth-order valence-corrected chi connectivity index (χ4v) is 2.34. The fourth-order valence-electron chi connectivity index (χ4n) is 2.00. The molecule has 0 atom stereocenters. The summed E-state index contributed by atoms with van der Waals surface area (Å²) in [5, 5.41) is 3.33. The Hall–Kier alpha value is -1.46. The van der Waals surface area contributed by atoms with Crippen LogP contribution in [-0.4, -0.2) is 16.5 Å². The van der Waals surface area contributed by atoms with E-state index in [1.165, 1.54) is 5.56 Å². The van der Waals surface area contributed by atoms with Gasteiger partial charge in [-0.1, -0.05) is 20.3 Å². The molecule has 5 heteroatoms. The Morgan fingerprint density at radius 2 is 2.05 bits per heavy atom. The highest BCUT2D eigenvalue weighted by atomic mass is 79.9. The van der Waals surface area contributed by atoms with Gasteiger partial charge in [-0.3, -0.25) is 4.98 Å². The van der Waals surface area contributed by atoms with Crippen molar-refractivity contribution in [3.8, 4) is 11.6 Å². The molecule has 0 fully saturated rings. The maximum atomic E-state index is 5.84. The zero-order chi connectivity index (χ0) is 15.1. The van der Waals surface area contributed by atoms with E-state index in [1.807, 2.05) is 12.1 Å². The molecule has 0 aliphatic carbocycles. The summed E-state index contributed by atoms with van der Waals surface area (Å²) < 4.78 is 6.72. The van der Waals surface area contributed by atoms with Crippen LogP contribution in [0, 0.1) is 0 Å². The zero-order valence-corrected chi connectivity index (χ0v) is 14.0. The van der Waals surface area contributed by atoms with Gasteiger partial charge < -0.3 is 10.1 Å². The molecule has 0 amide bonds. The summed E-state index contributed by atoms with van der Waals surface area (Å²) in [5.41, 5.74) is 2.25. The van der Waals surface area contributed by atoms with Gasteiger partial charge in [-0.15, -0.1) is 0 Å². The summed E-state index contributed by atoms with van der Waals surface area (Å²) in [6.45, 7) is 6.01. The van der Waals surface area contributed by atoms with Gasteiger partial charge in [-0.05, 0) is 46.6 Å². The van der Waals surface area contributed by atoms with Crippen LogP contribution >= 0.6 is 15.9 Å². The number of aromatic nitrogens is 2. The first-order chi connectivity index (χ1) is 10.2. The maximum Gasteiger partial charge on any atom is 0.219 e. The van der Waals surface area contributed by atoms with Crippen LogP contribution in [0.2, 0.25) is 0 Å². The molecular formula is C16H20BrN3O. The number of rotatable bonds is 7. The number of nitrogens with one attached hydrogen (secondary N) is 1. The largest absolute Gasteiger partial charge is 0.437 e. The summed E-state index contributed by atoms with van der Waals surface area (Å²) in [7, 11) is 0. The molecule has 21 heavy (non-hydrogen) atoms. The molecule has 0 unspecified atom stereocenters. The van der Waals surface area contributed by atoms with E-state index in [4.69, 9.17) is 4.74 Å². The van der Waals surface area contributed by atoms with E-state index in [2.05, 4.69) is 51.1 Å². The monoisotopic (exact) mass is 349 g/mol. The van der Waals surface area contributed by atoms with Crippen molar-refractivity contribution in [3.05, 3.63) is 46.3 Å². The molecular weight excluding hydrogens is 330 g/mol. The van der Waals surface area contributed by atoms with Gasteiger partial charge in [-0.2, -0.15) is 0 Å². The number of hydrogen-bond donors (Lipinski definition) is 1. The summed E-state index contributed by atoms with van der Waals surface area (Å²) in [6.07, 6.45) is 5.43. The Morgan fingerprint density at radius 3 is 2.76 bits per heavy atom. The standard InChI is InChI=1S/C16H20BrN3O/c1-3-5-14-6-12(9-18-4-2)7-16(20-14)21-15-8-13(17)10-19-11-15/h6-8,10-11,18H,3-5,9H2,1-2H3. The molecule has 4 nitrogen and oxygen atoms in total. The minimum atomic E-state index is 0.619. The van der Waals surface area contributed by atoms with E-state index in [0.717, 1.165) is 36.1 Å². The third-order valence-corrected chi connectivity index (χ3v) is 3.34. The van der Waals surface area contributed by atoms with E-state index in [1.54, 1.807) is 12.4 Å². The van der Waals surface area contributed by atoms with Crippen LogP contribution in [0.15, 0.2) is 35.1 Å². The van der Waals surface area contributed by atoms with Crippen molar-refractivity contribution < 1.29 is 4.74 Å². The van der Waals surface area contributed by atoms with Crippen molar-refractivity contribution in [2.75, 3.05) is 6.54 Å². The third-order valence-electron chi connectivity index (χ3n) is 2.90. The van der Waals surface area contributed by atoms with Gasteiger partial charge in [0.25, 0.3) is 0 Å². The Kier molecular flexibility index (Phi) is 6.14. The van der Waals surface area contributed by atoms with Gasteiger partial charge in [0, 0.05) is 29.0 Å². The maximum absolute atomic E-state index is 5.84. The minimum Gasteiger partial charge on any atom is -0.437 e. The molecule has 0 bridgehead atoms. The second-order valence-electron chi connectivity index (χ2n) is 4.78. The molecule has 0 saturated carbocycles. The van der Waals surface area contributed by atoms with Crippen LogP contribution in [0.3, 0.4) is 0 Å². The quantitative estimate of drug-likeness (QED) is 0.817. The molecule has 2 aromatic heterocycles. The molecule has 112 valence electrons. The van der Waals surface area contributed by atoms with E-state index >= 15 is 0 Å². The van der Waals surface area contributed by atoms with Crippen LogP contribution in [0.1, 0.15) is 31.5 Å². The van der Waals surface area contributed by atoms with Crippen molar-refractivity contribution in [3.63, 3.8) is 0 Å². The average molecular weight is 350 g/mol. The van der Waals surface area contributed by atoms with Gasteiger partial charge in [0.15, 0.2) is 0 Å². The Labute approximate surface area is 134 Å². The number of hydrogen-bond acceptors (Lipinski definition) is 4. The Bertz CT molecular complexity index is 589. The van der Waals surface area contributed by atoms with Crippen molar-refractivity contribution in [2.24, 2.45) is 0 Å². The Morgan fingerprint density at radius 1 is 1.19 bits per heavy atom. The van der Waals surface area contributed by atoms with Crippen LogP contribution in [-0.2, 0) is 13.0 Å². The van der Waals surface area contributed by atoms with E-state index in [-0.39, 0.29) is 0 Å². The number of nitrogens with zero attached hydrogens (tertiary/aromatic N) is 2. The molecule has 2 heterocycles. The zero-order valence-electron chi connectivity index (χ0n) is 12.4. The molecule has 1 N–H and O–H groups in total. The molecule has 0 saturated heterocycles. The molecule has 2 aromatic rings. The molecule has 0 aliphatic heterocycles. The average Bonchev–Trinajstić information content (AvgIpc) is 2.45. The van der Waals surface area contributed by atoms with E-state index in [9.17, 15) is 0 Å².